The van der Waals surface area contributed by atoms with E-state index in [9.17, 15) is 24.3 Å². The Hall–Kier alpha value is -2.75. The second-order valence-electron chi connectivity index (χ2n) is 11.7. The first-order valence-corrected chi connectivity index (χ1v) is 13.8. The SMILES string of the molecule is CCCOC(=O)OCC(=O)[C@@]1(OC(=O)OCC)[C@H](C)C[C@H]2[C@@H]3CCC4=CC(=O)C=C[C@]4(C)[C@@]3(F)[C@@H](O)C[C@@]21C. The van der Waals surface area contributed by atoms with E-state index in [0.717, 1.165) is 0 Å². The van der Waals surface area contributed by atoms with E-state index in [4.69, 9.17) is 18.9 Å². The maximum absolute atomic E-state index is 17.4. The van der Waals surface area contributed by atoms with Crippen molar-refractivity contribution < 1.29 is 47.6 Å². The van der Waals surface area contributed by atoms with Gasteiger partial charge in [-0.15, -0.1) is 0 Å². The fraction of sp³-hybridized carbons (Fsp3) is 0.724. The Kier molecular flexibility index (Phi) is 7.75. The van der Waals surface area contributed by atoms with Crippen LogP contribution in [0.4, 0.5) is 14.0 Å². The fourth-order valence-electron chi connectivity index (χ4n) is 8.14. The van der Waals surface area contributed by atoms with Gasteiger partial charge < -0.3 is 24.1 Å². The van der Waals surface area contributed by atoms with Gasteiger partial charge in [0.25, 0.3) is 0 Å². The molecule has 0 saturated heterocycles. The number of rotatable bonds is 7. The summed E-state index contributed by atoms with van der Waals surface area (Å²) in [5, 5.41) is 11.6. The zero-order chi connectivity index (χ0) is 28.8. The highest BCUT2D eigenvalue weighted by atomic mass is 19.1. The minimum atomic E-state index is -2.11. The molecule has 0 heterocycles. The minimum Gasteiger partial charge on any atom is -0.435 e. The number of carbonyl (C=O) groups excluding carboxylic acids is 4. The van der Waals surface area contributed by atoms with Crippen LogP contribution in [0.1, 0.15) is 66.7 Å². The second kappa shape index (κ2) is 10.3. The molecular weight excluding hydrogens is 511 g/mol. The molecule has 216 valence electrons. The molecule has 3 fully saturated rings. The molecule has 4 rings (SSSR count). The van der Waals surface area contributed by atoms with E-state index in [0.29, 0.717) is 31.3 Å². The molecule has 0 aromatic heterocycles. The first-order chi connectivity index (χ1) is 18.3. The fourth-order valence-corrected chi connectivity index (χ4v) is 8.14. The Labute approximate surface area is 228 Å². The molecule has 0 aliphatic heterocycles. The van der Waals surface area contributed by atoms with Crippen molar-refractivity contribution in [3.8, 4) is 0 Å². The lowest BCUT2D eigenvalue weighted by Crippen LogP contribution is -2.70. The summed E-state index contributed by atoms with van der Waals surface area (Å²) < 4.78 is 38.3. The summed E-state index contributed by atoms with van der Waals surface area (Å²) in [6, 6.07) is 0. The van der Waals surface area contributed by atoms with Crippen LogP contribution < -0.4 is 0 Å². The molecule has 4 aliphatic rings. The van der Waals surface area contributed by atoms with E-state index in [1.165, 1.54) is 12.2 Å². The average Bonchev–Trinajstić information content (AvgIpc) is 3.09. The predicted octanol–water partition coefficient (Wildman–Crippen LogP) is 4.65. The number of hydrogen-bond donors (Lipinski definition) is 1. The molecule has 0 amide bonds. The molecule has 0 aromatic carbocycles. The summed E-state index contributed by atoms with van der Waals surface area (Å²) >= 11 is 0. The van der Waals surface area contributed by atoms with Gasteiger partial charge in [0, 0.05) is 22.7 Å². The summed E-state index contributed by atoms with van der Waals surface area (Å²) in [6.07, 6.45) is 2.28. The number of carbonyl (C=O) groups is 4. The molecule has 39 heavy (non-hydrogen) atoms. The van der Waals surface area contributed by atoms with Crippen LogP contribution in [-0.4, -0.2) is 66.2 Å². The van der Waals surface area contributed by atoms with Crippen LogP contribution >= 0.6 is 0 Å². The van der Waals surface area contributed by atoms with Crippen LogP contribution in [0.15, 0.2) is 23.8 Å². The summed E-state index contributed by atoms with van der Waals surface area (Å²) in [7, 11) is 0. The third kappa shape index (κ3) is 4.21. The van der Waals surface area contributed by atoms with Crippen molar-refractivity contribution in [2.45, 2.75) is 84.1 Å². The predicted molar refractivity (Wildman–Crippen MR) is 136 cm³/mol. The smallest absolute Gasteiger partial charge is 0.435 e. The Balaban J connectivity index is 1.74. The van der Waals surface area contributed by atoms with Gasteiger partial charge in [0.05, 0.1) is 19.3 Å². The van der Waals surface area contributed by atoms with Crippen molar-refractivity contribution in [2.24, 2.45) is 28.6 Å². The summed E-state index contributed by atoms with van der Waals surface area (Å²) in [6.45, 7) is 8.02. The van der Waals surface area contributed by atoms with Crippen LogP contribution in [0.3, 0.4) is 0 Å². The van der Waals surface area contributed by atoms with Gasteiger partial charge in [0.15, 0.2) is 23.7 Å². The normalized spacial score (nSPS) is 40.5. The van der Waals surface area contributed by atoms with Crippen molar-refractivity contribution >= 4 is 23.9 Å². The maximum atomic E-state index is 17.4. The molecule has 9 nitrogen and oxygen atoms in total. The van der Waals surface area contributed by atoms with Crippen LogP contribution in [0.2, 0.25) is 0 Å². The van der Waals surface area contributed by atoms with Gasteiger partial charge in [-0.3, -0.25) is 9.59 Å². The van der Waals surface area contributed by atoms with Crippen molar-refractivity contribution in [1.82, 2.24) is 0 Å². The highest BCUT2D eigenvalue weighted by Gasteiger charge is 2.77. The van der Waals surface area contributed by atoms with E-state index >= 15 is 4.39 Å². The van der Waals surface area contributed by atoms with Crippen LogP contribution in [0, 0.1) is 28.6 Å². The number of halogens is 1. The number of Topliss-reactive ketones (excluding diaryl/α,β-unsaturated/α-hetero) is 1. The van der Waals surface area contributed by atoms with Crippen molar-refractivity contribution in [3.05, 3.63) is 23.8 Å². The lowest BCUT2D eigenvalue weighted by Gasteiger charge is -2.62. The number of aliphatic hydroxyl groups is 1. The minimum absolute atomic E-state index is 0.00876. The Morgan fingerprint density at radius 1 is 1.10 bits per heavy atom. The first-order valence-electron chi connectivity index (χ1n) is 13.8. The van der Waals surface area contributed by atoms with Crippen molar-refractivity contribution in [2.75, 3.05) is 19.8 Å². The van der Waals surface area contributed by atoms with Crippen LogP contribution in [0.5, 0.6) is 0 Å². The Bertz CT molecular complexity index is 1100. The molecule has 10 heteroatoms. The summed E-state index contributed by atoms with van der Waals surface area (Å²) in [5.41, 5.74) is -5.70. The summed E-state index contributed by atoms with van der Waals surface area (Å²) in [4.78, 5) is 50.8. The molecule has 3 saturated carbocycles. The monoisotopic (exact) mass is 550 g/mol. The van der Waals surface area contributed by atoms with E-state index in [2.05, 4.69) is 0 Å². The van der Waals surface area contributed by atoms with Gasteiger partial charge in [0.2, 0.25) is 5.78 Å². The van der Waals surface area contributed by atoms with Gasteiger partial charge in [0.1, 0.15) is 0 Å². The molecular formula is C29H39FO9. The molecule has 0 aromatic rings. The summed E-state index contributed by atoms with van der Waals surface area (Å²) in [5.74, 6) is -2.63. The standard InChI is InChI=1S/C29H39FO9/c1-6-12-37-24(34)38-16-23(33)29(39-25(35)36-7-2)17(3)13-21-20-9-8-18-14-19(31)10-11-26(18,4)28(20,30)22(32)15-27(21,29)5/h10-11,14,17,20-22,32H,6-9,12-13,15-16H2,1-5H3/t17-,20+,21+,22+,26+,27+,28+,29+/m1/s1. The van der Waals surface area contributed by atoms with Gasteiger partial charge in [-0.25, -0.2) is 14.0 Å². The van der Waals surface area contributed by atoms with E-state index < -0.39 is 70.7 Å². The number of hydrogen-bond acceptors (Lipinski definition) is 9. The molecule has 1 N–H and O–H groups in total. The third-order valence-electron chi connectivity index (χ3n) is 9.85. The number of fused-ring (bicyclic) bond motifs is 5. The zero-order valence-corrected chi connectivity index (χ0v) is 23.3. The number of aliphatic hydroxyl groups excluding tert-OH is 1. The lowest BCUT2D eigenvalue weighted by molar-refractivity contribution is -0.222. The van der Waals surface area contributed by atoms with Crippen molar-refractivity contribution in [1.29, 1.82) is 0 Å². The lowest BCUT2D eigenvalue weighted by atomic mass is 9.44. The quantitative estimate of drug-likeness (QED) is 0.451. The molecule has 0 radical (unpaired) electrons. The van der Waals surface area contributed by atoms with Crippen LogP contribution in [-0.2, 0) is 28.5 Å². The largest absolute Gasteiger partial charge is 0.509 e. The average molecular weight is 551 g/mol. The van der Waals surface area contributed by atoms with E-state index in [-0.39, 0.29) is 25.4 Å². The molecule has 0 bridgehead atoms. The third-order valence-corrected chi connectivity index (χ3v) is 9.85. The van der Waals surface area contributed by atoms with Gasteiger partial charge >= 0.3 is 12.3 Å². The van der Waals surface area contributed by atoms with Gasteiger partial charge in [-0.05, 0) is 64.0 Å². The van der Waals surface area contributed by atoms with E-state index in [1.807, 2.05) is 6.92 Å². The maximum Gasteiger partial charge on any atom is 0.509 e. The number of alkyl halides is 1. The highest BCUT2D eigenvalue weighted by molar-refractivity contribution is 6.01. The number of ether oxygens (including phenoxy) is 4. The zero-order valence-electron chi connectivity index (χ0n) is 23.3. The first kappa shape index (κ1) is 29.2. The highest BCUT2D eigenvalue weighted by Crippen LogP contribution is 2.71. The molecule has 8 atom stereocenters. The number of ketones is 2. The molecule has 0 spiro atoms. The van der Waals surface area contributed by atoms with E-state index in [1.54, 1.807) is 33.8 Å². The molecule has 0 unspecified atom stereocenters. The van der Waals surface area contributed by atoms with Crippen molar-refractivity contribution in [3.63, 3.8) is 0 Å². The number of allylic oxidation sites excluding steroid dienone is 4. The second-order valence-corrected chi connectivity index (χ2v) is 11.7. The topological polar surface area (TPSA) is 125 Å². The Morgan fingerprint density at radius 3 is 2.49 bits per heavy atom. The molecule has 4 aliphatic carbocycles. The van der Waals surface area contributed by atoms with Gasteiger partial charge in [-0.2, -0.15) is 0 Å². The Morgan fingerprint density at radius 2 is 1.82 bits per heavy atom. The van der Waals surface area contributed by atoms with Crippen LogP contribution in [0.25, 0.3) is 0 Å². The van der Waals surface area contributed by atoms with Gasteiger partial charge in [-0.1, -0.05) is 32.4 Å².